The van der Waals surface area contributed by atoms with Crippen molar-refractivity contribution in [2.45, 2.75) is 26.7 Å². The van der Waals surface area contributed by atoms with E-state index in [2.05, 4.69) is 6.58 Å². The molecule has 0 bridgehead atoms. The molecule has 1 fully saturated rings. The number of hydrogen-bond donors (Lipinski definition) is 0. The van der Waals surface area contributed by atoms with Crippen molar-refractivity contribution in [1.29, 1.82) is 0 Å². The van der Waals surface area contributed by atoms with Gasteiger partial charge < -0.3 is 9.47 Å². The van der Waals surface area contributed by atoms with Crippen molar-refractivity contribution in [2.24, 2.45) is 5.41 Å². The van der Waals surface area contributed by atoms with Gasteiger partial charge in [-0.1, -0.05) is 6.58 Å². The van der Waals surface area contributed by atoms with Crippen LogP contribution in [0, 0.1) is 5.41 Å². The Morgan fingerprint density at radius 2 is 1.71 bits per heavy atom. The fourth-order valence-electron chi connectivity index (χ4n) is 1.88. The minimum absolute atomic E-state index is 0.0191. The molecule has 0 aromatic carbocycles. The third-order valence-electron chi connectivity index (χ3n) is 2.83. The SMILES string of the molecule is C=C1C(=O)CCC1(C(=O)OCC)C(=O)OCC. The topological polar surface area (TPSA) is 69.7 Å². The van der Waals surface area contributed by atoms with Crippen molar-refractivity contribution in [3.05, 3.63) is 12.2 Å². The summed E-state index contributed by atoms with van der Waals surface area (Å²) in [5.41, 5.74) is -1.64. The van der Waals surface area contributed by atoms with Crippen LogP contribution in [0.15, 0.2) is 12.2 Å². The number of esters is 2. The molecule has 1 rings (SSSR count). The Bertz CT molecular complexity index is 351. The van der Waals surface area contributed by atoms with E-state index in [1.54, 1.807) is 13.8 Å². The smallest absolute Gasteiger partial charge is 0.328 e. The maximum absolute atomic E-state index is 11.9. The summed E-state index contributed by atoms with van der Waals surface area (Å²) in [6.07, 6.45) is 0.207. The summed E-state index contributed by atoms with van der Waals surface area (Å²) < 4.78 is 9.73. The van der Waals surface area contributed by atoms with E-state index < -0.39 is 17.4 Å². The molecule has 0 aliphatic heterocycles. The fraction of sp³-hybridized carbons (Fsp3) is 0.583. The standard InChI is InChI=1S/C12H16O5/c1-4-16-10(14)12(11(15)17-5-2)7-6-9(13)8(12)3/h3-7H2,1-2H3. The van der Waals surface area contributed by atoms with Crippen LogP contribution in [0.4, 0.5) is 0 Å². The maximum Gasteiger partial charge on any atom is 0.328 e. The number of carbonyl (C=O) groups is 3. The molecule has 1 aliphatic rings. The lowest BCUT2D eigenvalue weighted by Crippen LogP contribution is -2.41. The Hall–Kier alpha value is -1.65. The highest BCUT2D eigenvalue weighted by Gasteiger charge is 2.56. The minimum atomic E-state index is -1.62. The van der Waals surface area contributed by atoms with Gasteiger partial charge in [0.25, 0.3) is 0 Å². The van der Waals surface area contributed by atoms with E-state index in [1.807, 2.05) is 0 Å². The first-order valence-corrected chi connectivity index (χ1v) is 5.57. The van der Waals surface area contributed by atoms with Crippen LogP contribution in [0.3, 0.4) is 0 Å². The van der Waals surface area contributed by atoms with Crippen molar-refractivity contribution >= 4 is 17.7 Å². The first kappa shape index (κ1) is 13.4. The van der Waals surface area contributed by atoms with Gasteiger partial charge in [-0.2, -0.15) is 0 Å². The number of hydrogen-bond acceptors (Lipinski definition) is 5. The number of carbonyl (C=O) groups excluding carboxylic acids is 3. The molecule has 0 aromatic heterocycles. The largest absolute Gasteiger partial charge is 0.465 e. The van der Waals surface area contributed by atoms with E-state index in [4.69, 9.17) is 9.47 Å². The molecule has 0 aromatic rings. The molecule has 0 radical (unpaired) electrons. The third-order valence-corrected chi connectivity index (χ3v) is 2.83. The first-order valence-electron chi connectivity index (χ1n) is 5.57. The van der Waals surface area contributed by atoms with Gasteiger partial charge in [-0.15, -0.1) is 0 Å². The van der Waals surface area contributed by atoms with Crippen molar-refractivity contribution in [1.82, 2.24) is 0 Å². The van der Waals surface area contributed by atoms with Gasteiger partial charge in [0.15, 0.2) is 11.2 Å². The van der Waals surface area contributed by atoms with Gasteiger partial charge in [0, 0.05) is 12.0 Å². The molecule has 5 heteroatoms. The van der Waals surface area contributed by atoms with Crippen molar-refractivity contribution < 1.29 is 23.9 Å². The lowest BCUT2D eigenvalue weighted by Gasteiger charge is -2.24. The van der Waals surface area contributed by atoms with Crippen LogP contribution in [0.25, 0.3) is 0 Å². The van der Waals surface area contributed by atoms with Crippen LogP contribution in [-0.4, -0.2) is 30.9 Å². The van der Waals surface area contributed by atoms with Gasteiger partial charge in [0.2, 0.25) is 0 Å². The number of ether oxygens (including phenoxy) is 2. The lowest BCUT2D eigenvalue weighted by atomic mass is 9.83. The average Bonchev–Trinajstić information content (AvgIpc) is 2.58. The molecule has 94 valence electrons. The third kappa shape index (κ3) is 2.09. The summed E-state index contributed by atoms with van der Waals surface area (Å²) in [5.74, 6) is -1.77. The molecular formula is C12H16O5. The number of Topliss-reactive ketones (excluding diaryl/α,β-unsaturated/α-hetero) is 1. The molecule has 0 saturated heterocycles. The fourth-order valence-corrected chi connectivity index (χ4v) is 1.88. The highest BCUT2D eigenvalue weighted by Crippen LogP contribution is 2.42. The molecule has 0 atom stereocenters. The van der Waals surface area contributed by atoms with Gasteiger partial charge in [-0.25, -0.2) is 0 Å². The lowest BCUT2D eigenvalue weighted by molar-refractivity contribution is -0.168. The summed E-state index contributed by atoms with van der Waals surface area (Å²) in [6.45, 7) is 7.10. The minimum Gasteiger partial charge on any atom is -0.465 e. The van der Waals surface area contributed by atoms with Crippen LogP contribution >= 0.6 is 0 Å². The average molecular weight is 240 g/mol. The summed E-state index contributed by atoms with van der Waals surface area (Å²) in [6, 6.07) is 0. The second-order valence-corrected chi connectivity index (χ2v) is 3.75. The second-order valence-electron chi connectivity index (χ2n) is 3.75. The van der Waals surface area contributed by atoms with E-state index in [-0.39, 0.29) is 37.4 Å². The first-order chi connectivity index (χ1) is 8.00. The normalized spacial score (nSPS) is 18.0. The van der Waals surface area contributed by atoms with E-state index in [0.717, 1.165) is 0 Å². The zero-order chi connectivity index (χ0) is 13.1. The van der Waals surface area contributed by atoms with Crippen LogP contribution in [0.2, 0.25) is 0 Å². The van der Waals surface area contributed by atoms with Crippen LogP contribution < -0.4 is 0 Å². The van der Waals surface area contributed by atoms with Gasteiger partial charge in [0.05, 0.1) is 13.2 Å². The highest BCUT2D eigenvalue weighted by atomic mass is 16.6. The molecule has 0 unspecified atom stereocenters. The van der Waals surface area contributed by atoms with E-state index in [9.17, 15) is 14.4 Å². The predicted molar refractivity (Wildman–Crippen MR) is 59.1 cm³/mol. The molecule has 0 N–H and O–H groups in total. The number of rotatable bonds is 4. The summed E-state index contributed by atoms with van der Waals surface area (Å²) in [5, 5.41) is 0. The molecule has 0 spiro atoms. The molecule has 1 saturated carbocycles. The molecule has 1 aliphatic carbocycles. The van der Waals surface area contributed by atoms with Crippen molar-refractivity contribution in [2.75, 3.05) is 13.2 Å². The van der Waals surface area contributed by atoms with E-state index in [1.165, 1.54) is 0 Å². The Morgan fingerprint density at radius 1 is 1.24 bits per heavy atom. The van der Waals surface area contributed by atoms with Gasteiger partial charge in [0.1, 0.15) is 0 Å². The highest BCUT2D eigenvalue weighted by molar-refractivity contribution is 6.16. The Morgan fingerprint density at radius 3 is 2.00 bits per heavy atom. The summed E-state index contributed by atoms with van der Waals surface area (Å²) >= 11 is 0. The Kier molecular flexibility index (Phi) is 4.04. The maximum atomic E-state index is 11.9. The van der Waals surface area contributed by atoms with Crippen molar-refractivity contribution in [3.63, 3.8) is 0 Å². The van der Waals surface area contributed by atoms with E-state index >= 15 is 0 Å². The monoisotopic (exact) mass is 240 g/mol. The van der Waals surface area contributed by atoms with Gasteiger partial charge in [-0.05, 0) is 20.3 Å². The molecule has 5 nitrogen and oxygen atoms in total. The number of ketones is 1. The summed E-state index contributed by atoms with van der Waals surface area (Å²) in [4.78, 5) is 35.3. The quantitative estimate of drug-likeness (QED) is 0.417. The molecule has 17 heavy (non-hydrogen) atoms. The van der Waals surface area contributed by atoms with Crippen LogP contribution in [0.5, 0.6) is 0 Å². The molecular weight excluding hydrogens is 224 g/mol. The van der Waals surface area contributed by atoms with Crippen molar-refractivity contribution in [3.8, 4) is 0 Å². The molecule has 0 heterocycles. The van der Waals surface area contributed by atoms with Crippen LogP contribution in [-0.2, 0) is 23.9 Å². The predicted octanol–water partition coefficient (Wildman–Crippen LogP) is 1.02. The van der Waals surface area contributed by atoms with E-state index in [0.29, 0.717) is 0 Å². The Balaban J connectivity index is 3.10. The zero-order valence-corrected chi connectivity index (χ0v) is 10.1. The van der Waals surface area contributed by atoms with Gasteiger partial charge in [-0.3, -0.25) is 14.4 Å². The zero-order valence-electron chi connectivity index (χ0n) is 10.1. The Labute approximate surface area is 99.8 Å². The molecule has 0 amide bonds. The van der Waals surface area contributed by atoms with Gasteiger partial charge >= 0.3 is 11.9 Å². The second kappa shape index (κ2) is 5.12. The van der Waals surface area contributed by atoms with Crippen LogP contribution in [0.1, 0.15) is 26.7 Å². The summed E-state index contributed by atoms with van der Waals surface area (Å²) in [7, 11) is 0.